The zero-order valence-corrected chi connectivity index (χ0v) is 23.0. The summed E-state index contributed by atoms with van der Waals surface area (Å²) >= 11 is 0. The number of amides is 3. The number of aliphatic carboxylic acids is 1. The van der Waals surface area contributed by atoms with Gasteiger partial charge in [-0.15, -0.1) is 0 Å². The molecule has 9 nitrogen and oxygen atoms in total. The molecule has 4 rings (SSSR count). The van der Waals surface area contributed by atoms with Gasteiger partial charge in [0, 0.05) is 31.7 Å². The van der Waals surface area contributed by atoms with Gasteiger partial charge < -0.3 is 25.0 Å². The summed E-state index contributed by atoms with van der Waals surface area (Å²) in [5.74, 6) is -0.0383. The van der Waals surface area contributed by atoms with E-state index < -0.39 is 12.5 Å². The number of carboxylic acids is 1. The molecule has 2 aromatic carbocycles. The number of rotatable bonds is 11. The Labute approximate surface area is 235 Å². The smallest absolute Gasteiger partial charge is 0.322 e. The van der Waals surface area contributed by atoms with Crippen LogP contribution in [0.15, 0.2) is 48.5 Å². The van der Waals surface area contributed by atoms with Crippen molar-refractivity contribution < 1.29 is 29.0 Å². The van der Waals surface area contributed by atoms with E-state index in [1.165, 1.54) is 32.1 Å². The molecule has 40 heavy (non-hydrogen) atoms. The lowest BCUT2D eigenvalue weighted by atomic mass is 9.87. The van der Waals surface area contributed by atoms with Gasteiger partial charge in [0.05, 0.1) is 19.4 Å². The van der Waals surface area contributed by atoms with Crippen molar-refractivity contribution in [3.63, 3.8) is 0 Å². The molecule has 1 aliphatic heterocycles. The normalized spacial score (nSPS) is 15.9. The minimum Gasteiger partial charge on any atom is -0.494 e. The minimum absolute atomic E-state index is 0.00702. The summed E-state index contributed by atoms with van der Waals surface area (Å²) in [5.41, 5.74) is 2.18. The van der Waals surface area contributed by atoms with Crippen LogP contribution >= 0.6 is 0 Å². The number of nitrogens with zero attached hydrogens (tertiary/aromatic N) is 2. The van der Waals surface area contributed by atoms with Gasteiger partial charge >= 0.3 is 5.97 Å². The lowest BCUT2D eigenvalue weighted by molar-refractivity contribution is -0.137. The van der Waals surface area contributed by atoms with E-state index in [0.29, 0.717) is 38.3 Å². The predicted molar refractivity (Wildman–Crippen MR) is 150 cm³/mol. The van der Waals surface area contributed by atoms with Crippen LogP contribution in [0.3, 0.4) is 0 Å². The summed E-state index contributed by atoms with van der Waals surface area (Å²) in [6.45, 7) is 2.16. The van der Waals surface area contributed by atoms with Crippen molar-refractivity contribution in [2.75, 3.05) is 39.3 Å². The van der Waals surface area contributed by atoms with Crippen molar-refractivity contribution in [2.24, 2.45) is 5.92 Å². The first kappa shape index (κ1) is 29.1. The van der Waals surface area contributed by atoms with Crippen molar-refractivity contribution in [1.82, 2.24) is 15.1 Å². The van der Waals surface area contributed by atoms with E-state index in [2.05, 4.69) is 5.32 Å². The van der Waals surface area contributed by atoms with E-state index in [0.717, 1.165) is 29.2 Å². The number of hydrogen-bond donors (Lipinski definition) is 2. The molecule has 0 aromatic heterocycles. The van der Waals surface area contributed by atoms with Gasteiger partial charge in [0.15, 0.2) is 0 Å². The number of piperazine rings is 1. The topological polar surface area (TPSA) is 116 Å². The van der Waals surface area contributed by atoms with Gasteiger partial charge in [-0.25, -0.2) is 0 Å². The zero-order valence-electron chi connectivity index (χ0n) is 23.0. The second-order valence-electron chi connectivity index (χ2n) is 10.7. The molecule has 0 atom stereocenters. The molecule has 9 heteroatoms. The highest BCUT2D eigenvalue weighted by Gasteiger charge is 2.25. The van der Waals surface area contributed by atoms with Crippen molar-refractivity contribution in [2.45, 2.75) is 51.4 Å². The summed E-state index contributed by atoms with van der Waals surface area (Å²) < 4.78 is 5.97. The third-order valence-electron chi connectivity index (χ3n) is 7.70. The molecule has 2 fully saturated rings. The number of hydrogen-bond acceptors (Lipinski definition) is 5. The predicted octanol–water partition coefficient (Wildman–Crippen LogP) is 3.31. The van der Waals surface area contributed by atoms with Gasteiger partial charge in [-0.3, -0.25) is 19.2 Å². The summed E-state index contributed by atoms with van der Waals surface area (Å²) in [4.78, 5) is 51.9. The Bertz CT molecular complexity index is 1170. The highest BCUT2D eigenvalue weighted by molar-refractivity contribution is 5.94. The molecular formula is C31H39N3O6. The summed E-state index contributed by atoms with van der Waals surface area (Å²) in [6, 6.07) is 14.5. The average molecular weight is 550 g/mol. The average Bonchev–Trinajstić information content (AvgIpc) is 2.97. The van der Waals surface area contributed by atoms with Gasteiger partial charge in [0.2, 0.25) is 11.8 Å². The Hall–Kier alpha value is -3.88. The molecule has 214 valence electrons. The minimum atomic E-state index is -1.09. The zero-order chi connectivity index (χ0) is 28.3. The van der Waals surface area contributed by atoms with E-state index in [1.807, 2.05) is 36.4 Å². The van der Waals surface area contributed by atoms with Crippen molar-refractivity contribution in [3.8, 4) is 5.75 Å². The first-order chi connectivity index (χ1) is 19.4. The molecule has 2 aromatic rings. The number of carbonyl (C=O) groups excluding carboxylic acids is 3. The number of nitrogens with one attached hydrogen (secondary N) is 1. The molecule has 1 saturated heterocycles. The van der Waals surface area contributed by atoms with Crippen molar-refractivity contribution >= 4 is 23.7 Å². The van der Waals surface area contributed by atoms with Crippen LogP contribution in [-0.2, 0) is 27.2 Å². The number of carbonyl (C=O) groups is 4. The molecule has 0 spiro atoms. The lowest BCUT2D eigenvalue weighted by Gasteiger charge is -2.35. The molecule has 2 N–H and O–H groups in total. The number of carboxylic acid groups (broad SMARTS) is 1. The summed E-state index contributed by atoms with van der Waals surface area (Å²) in [6.07, 6.45) is 7.94. The second-order valence-corrected chi connectivity index (χ2v) is 10.7. The van der Waals surface area contributed by atoms with Crippen LogP contribution in [-0.4, -0.2) is 77.9 Å². The maximum absolute atomic E-state index is 13.1. The van der Waals surface area contributed by atoms with Gasteiger partial charge in [-0.05, 0) is 41.7 Å². The van der Waals surface area contributed by atoms with Gasteiger partial charge in [0.1, 0.15) is 12.3 Å². The molecule has 2 aliphatic rings. The fourth-order valence-electron chi connectivity index (χ4n) is 5.36. The monoisotopic (exact) mass is 549 g/mol. The fraction of sp³-hybridized carbons (Fsp3) is 0.484. The quantitative estimate of drug-likeness (QED) is 0.444. The van der Waals surface area contributed by atoms with Gasteiger partial charge in [-0.2, -0.15) is 0 Å². The van der Waals surface area contributed by atoms with Crippen LogP contribution in [0.4, 0.5) is 0 Å². The summed E-state index contributed by atoms with van der Waals surface area (Å²) in [7, 11) is 0. The van der Waals surface area contributed by atoms with Crippen LogP contribution in [0.25, 0.3) is 0 Å². The van der Waals surface area contributed by atoms with E-state index in [4.69, 9.17) is 9.84 Å². The number of benzene rings is 2. The molecular weight excluding hydrogens is 510 g/mol. The maximum Gasteiger partial charge on any atom is 0.322 e. The van der Waals surface area contributed by atoms with Gasteiger partial charge in [-0.1, -0.05) is 62.4 Å². The Morgan fingerprint density at radius 1 is 0.850 bits per heavy atom. The van der Waals surface area contributed by atoms with Crippen molar-refractivity contribution in [1.29, 1.82) is 0 Å². The standard InChI is InChI=1S/C31H39N3O6/c35-28(32-22-30(37)38)19-24-9-11-25(12-10-24)20-29(36)33-14-16-34(17-15-33)31(39)26-7-4-8-27(21-26)40-18-13-23-5-2-1-3-6-23/h4,7-12,21,23H,1-3,5-6,13-20,22H2,(H,32,35)(H,37,38). The van der Waals surface area contributed by atoms with E-state index in [-0.39, 0.29) is 30.6 Å². The fourth-order valence-corrected chi connectivity index (χ4v) is 5.36. The summed E-state index contributed by atoms with van der Waals surface area (Å²) in [5, 5.41) is 11.0. The lowest BCUT2D eigenvalue weighted by Crippen LogP contribution is -2.51. The van der Waals surface area contributed by atoms with E-state index in [9.17, 15) is 19.2 Å². The Kier molecular flexibility index (Phi) is 10.5. The SMILES string of the molecule is O=C(O)CNC(=O)Cc1ccc(CC(=O)N2CCN(C(=O)c3cccc(OCCC4CCCCC4)c3)CC2)cc1. The van der Waals surface area contributed by atoms with E-state index >= 15 is 0 Å². The van der Waals surface area contributed by atoms with Crippen molar-refractivity contribution in [3.05, 3.63) is 65.2 Å². The highest BCUT2D eigenvalue weighted by Crippen LogP contribution is 2.26. The van der Waals surface area contributed by atoms with E-state index in [1.54, 1.807) is 21.9 Å². The molecule has 1 saturated carbocycles. The molecule has 0 bridgehead atoms. The third-order valence-corrected chi connectivity index (χ3v) is 7.70. The first-order valence-electron chi connectivity index (χ1n) is 14.2. The Balaban J connectivity index is 1.20. The molecule has 1 heterocycles. The van der Waals surface area contributed by atoms with Crippen LogP contribution in [0, 0.1) is 5.92 Å². The third kappa shape index (κ3) is 8.83. The molecule has 3 amide bonds. The largest absolute Gasteiger partial charge is 0.494 e. The van der Waals surface area contributed by atoms with Gasteiger partial charge in [0.25, 0.3) is 5.91 Å². The molecule has 0 radical (unpaired) electrons. The van der Waals surface area contributed by atoms with Crippen LogP contribution in [0.2, 0.25) is 0 Å². The Morgan fingerprint density at radius 3 is 2.17 bits per heavy atom. The maximum atomic E-state index is 13.1. The second kappa shape index (κ2) is 14.5. The molecule has 1 aliphatic carbocycles. The van der Waals surface area contributed by atoms with Crippen LogP contribution in [0.1, 0.15) is 60.0 Å². The highest BCUT2D eigenvalue weighted by atomic mass is 16.5. The van der Waals surface area contributed by atoms with Crippen LogP contribution < -0.4 is 10.1 Å². The first-order valence-corrected chi connectivity index (χ1v) is 14.2. The van der Waals surface area contributed by atoms with Crippen LogP contribution in [0.5, 0.6) is 5.75 Å². The number of ether oxygens (including phenoxy) is 1. The molecule has 0 unspecified atom stereocenters. The Morgan fingerprint density at radius 2 is 1.50 bits per heavy atom.